The number of nitrogens with one attached hydrogen (secondary N) is 2. The number of benzene rings is 2. The second kappa shape index (κ2) is 8.47. The van der Waals surface area contributed by atoms with E-state index in [2.05, 4.69) is 10.0 Å². The highest BCUT2D eigenvalue weighted by molar-refractivity contribution is 7.92. The molecule has 0 atom stereocenters. The number of amides is 1. The van der Waals surface area contributed by atoms with Crippen LogP contribution in [-0.2, 0) is 19.6 Å². The smallest absolute Gasteiger partial charge is 0.261 e. The Kier molecular flexibility index (Phi) is 6.04. The van der Waals surface area contributed by atoms with Crippen LogP contribution in [0.2, 0.25) is 0 Å². The summed E-state index contributed by atoms with van der Waals surface area (Å²) in [6.07, 6.45) is 0. The van der Waals surface area contributed by atoms with Gasteiger partial charge in [0, 0.05) is 24.5 Å². The van der Waals surface area contributed by atoms with Crippen LogP contribution < -0.4 is 10.0 Å². The van der Waals surface area contributed by atoms with Gasteiger partial charge in [-0.1, -0.05) is 6.07 Å². The maximum atomic E-state index is 13.2. The molecule has 7 nitrogen and oxygen atoms in total. The molecule has 1 aliphatic heterocycles. The molecule has 2 aromatic rings. The third kappa shape index (κ3) is 5.49. The number of hydrogen-bond acceptors (Lipinski definition) is 5. The van der Waals surface area contributed by atoms with Crippen LogP contribution in [0.1, 0.15) is 0 Å². The van der Waals surface area contributed by atoms with E-state index in [1.165, 1.54) is 30.3 Å². The van der Waals surface area contributed by atoms with Crippen molar-refractivity contribution in [2.45, 2.75) is 4.90 Å². The first-order valence-electron chi connectivity index (χ1n) is 8.41. The summed E-state index contributed by atoms with van der Waals surface area (Å²) in [6, 6.07) is 11.0. The van der Waals surface area contributed by atoms with Crippen LogP contribution in [0.4, 0.5) is 15.8 Å². The molecule has 0 aliphatic carbocycles. The fourth-order valence-corrected chi connectivity index (χ4v) is 3.72. The third-order valence-electron chi connectivity index (χ3n) is 4.00. The van der Waals surface area contributed by atoms with E-state index in [-0.39, 0.29) is 17.3 Å². The van der Waals surface area contributed by atoms with Gasteiger partial charge in [0.05, 0.1) is 24.7 Å². The number of hydrogen-bond donors (Lipinski definition) is 2. The SMILES string of the molecule is O=C(CN1CCOCC1)Nc1ccc(NS(=O)(=O)c2cccc(F)c2)cc1. The molecule has 2 aromatic carbocycles. The molecular formula is C18H20FN3O4S. The van der Waals surface area contributed by atoms with Gasteiger partial charge in [0.25, 0.3) is 10.0 Å². The largest absolute Gasteiger partial charge is 0.379 e. The first-order valence-corrected chi connectivity index (χ1v) is 9.89. The monoisotopic (exact) mass is 393 g/mol. The van der Waals surface area contributed by atoms with E-state index in [1.54, 1.807) is 12.1 Å². The summed E-state index contributed by atoms with van der Waals surface area (Å²) in [5.74, 6) is -0.777. The lowest BCUT2D eigenvalue weighted by molar-refractivity contribution is -0.118. The molecular weight excluding hydrogens is 373 g/mol. The van der Waals surface area contributed by atoms with Crippen LogP contribution in [-0.4, -0.2) is 52.1 Å². The van der Waals surface area contributed by atoms with Crippen LogP contribution in [0.5, 0.6) is 0 Å². The maximum absolute atomic E-state index is 13.2. The molecule has 0 saturated carbocycles. The summed E-state index contributed by atoms with van der Waals surface area (Å²) in [4.78, 5) is 13.9. The Morgan fingerprint density at radius 1 is 1.07 bits per heavy atom. The lowest BCUT2D eigenvalue weighted by Crippen LogP contribution is -2.41. The van der Waals surface area contributed by atoms with E-state index >= 15 is 0 Å². The highest BCUT2D eigenvalue weighted by atomic mass is 32.2. The van der Waals surface area contributed by atoms with E-state index in [9.17, 15) is 17.6 Å². The fraction of sp³-hybridized carbons (Fsp3) is 0.278. The van der Waals surface area contributed by atoms with Crippen molar-refractivity contribution < 1.29 is 22.3 Å². The Morgan fingerprint density at radius 2 is 1.74 bits per heavy atom. The molecule has 0 unspecified atom stereocenters. The van der Waals surface area contributed by atoms with Crippen molar-refractivity contribution >= 4 is 27.3 Å². The number of carbonyl (C=O) groups is 1. The van der Waals surface area contributed by atoms with Crippen molar-refractivity contribution in [2.24, 2.45) is 0 Å². The average molecular weight is 393 g/mol. The minimum Gasteiger partial charge on any atom is -0.379 e. The molecule has 0 bridgehead atoms. The highest BCUT2D eigenvalue weighted by Gasteiger charge is 2.16. The van der Waals surface area contributed by atoms with Gasteiger partial charge in [-0.05, 0) is 42.5 Å². The van der Waals surface area contributed by atoms with Crippen molar-refractivity contribution in [1.29, 1.82) is 0 Å². The Balaban J connectivity index is 1.59. The standard InChI is InChI=1S/C18H20FN3O4S/c19-14-2-1-3-17(12-14)27(24,25)21-16-6-4-15(5-7-16)20-18(23)13-22-8-10-26-11-9-22/h1-7,12,21H,8-11,13H2,(H,20,23). The van der Waals surface area contributed by atoms with Crippen LogP contribution in [0.3, 0.4) is 0 Å². The quantitative estimate of drug-likeness (QED) is 0.783. The molecule has 1 aliphatic rings. The average Bonchev–Trinajstić information content (AvgIpc) is 2.64. The normalized spacial score (nSPS) is 15.3. The maximum Gasteiger partial charge on any atom is 0.261 e. The number of nitrogens with zero attached hydrogens (tertiary/aromatic N) is 1. The van der Waals surface area contributed by atoms with Crippen molar-refractivity contribution in [3.8, 4) is 0 Å². The van der Waals surface area contributed by atoms with Crippen LogP contribution in [0.15, 0.2) is 53.4 Å². The number of anilines is 2. The Hall–Kier alpha value is -2.49. The van der Waals surface area contributed by atoms with Gasteiger partial charge in [0.2, 0.25) is 5.91 Å². The number of halogens is 1. The summed E-state index contributed by atoms with van der Waals surface area (Å²) in [5, 5.41) is 2.77. The second-order valence-corrected chi connectivity index (χ2v) is 7.76. The lowest BCUT2D eigenvalue weighted by atomic mass is 10.3. The van der Waals surface area contributed by atoms with E-state index in [0.29, 0.717) is 37.7 Å². The minimum absolute atomic E-state index is 0.148. The molecule has 2 N–H and O–H groups in total. The summed E-state index contributed by atoms with van der Waals surface area (Å²) >= 11 is 0. The minimum atomic E-state index is -3.89. The van der Waals surface area contributed by atoms with Crippen molar-refractivity contribution in [3.63, 3.8) is 0 Å². The van der Waals surface area contributed by atoms with Crippen LogP contribution in [0, 0.1) is 5.82 Å². The lowest BCUT2D eigenvalue weighted by Gasteiger charge is -2.25. The van der Waals surface area contributed by atoms with Gasteiger partial charge < -0.3 is 10.1 Å². The first-order chi connectivity index (χ1) is 12.9. The van der Waals surface area contributed by atoms with E-state index in [4.69, 9.17) is 4.74 Å². The van der Waals surface area contributed by atoms with E-state index in [0.717, 1.165) is 6.07 Å². The van der Waals surface area contributed by atoms with Gasteiger partial charge in [-0.3, -0.25) is 14.4 Å². The van der Waals surface area contributed by atoms with Gasteiger partial charge in [0.1, 0.15) is 5.82 Å². The van der Waals surface area contributed by atoms with Gasteiger partial charge in [0.15, 0.2) is 0 Å². The van der Waals surface area contributed by atoms with Crippen LogP contribution >= 0.6 is 0 Å². The summed E-state index contributed by atoms with van der Waals surface area (Å²) in [5.41, 5.74) is 0.868. The number of rotatable bonds is 6. The Bertz CT molecular complexity index is 897. The summed E-state index contributed by atoms with van der Waals surface area (Å²) < 4.78 is 45.4. The van der Waals surface area contributed by atoms with Gasteiger partial charge in [-0.2, -0.15) is 0 Å². The second-order valence-electron chi connectivity index (χ2n) is 6.08. The number of carbonyl (C=O) groups excluding carboxylic acids is 1. The van der Waals surface area contributed by atoms with Gasteiger partial charge in [-0.15, -0.1) is 0 Å². The zero-order chi connectivity index (χ0) is 19.3. The Morgan fingerprint density at radius 3 is 2.41 bits per heavy atom. The van der Waals surface area contributed by atoms with Crippen molar-refractivity contribution in [2.75, 3.05) is 42.9 Å². The number of sulfonamides is 1. The number of morpholine rings is 1. The molecule has 1 saturated heterocycles. The molecule has 0 radical (unpaired) electrons. The molecule has 0 spiro atoms. The molecule has 1 fully saturated rings. The van der Waals surface area contributed by atoms with Crippen molar-refractivity contribution in [3.05, 3.63) is 54.3 Å². The van der Waals surface area contributed by atoms with E-state index in [1.807, 2.05) is 4.90 Å². The molecule has 27 heavy (non-hydrogen) atoms. The van der Waals surface area contributed by atoms with Gasteiger partial charge >= 0.3 is 0 Å². The van der Waals surface area contributed by atoms with Crippen molar-refractivity contribution in [1.82, 2.24) is 4.90 Å². The predicted octanol–water partition coefficient (Wildman–Crippen LogP) is 1.90. The zero-order valence-corrected chi connectivity index (χ0v) is 15.3. The molecule has 3 rings (SSSR count). The number of ether oxygens (including phenoxy) is 1. The molecule has 1 amide bonds. The topological polar surface area (TPSA) is 87.7 Å². The predicted molar refractivity (Wildman–Crippen MR) is 99.5 cm³/mol. The van der Waals surface area contributed by atoms with E-state index < -0.39 is 15.8 Å². The molecule has 9 heteroatoms. The Labute approximate surface area is 157 Å². The zero-order valence-electron chi connectivity index (χ0n) is 14.5. The highest BCUT2D eigenvalue weighted by Crippen LogP contribution is 2.19. The molecule has 144 valence electrons. The molecule has 0 aromatic heterocycles. The fourth-order valence-electron chi connectivity index (χ4n) is 2.63. The third-order valence-corrected chi connectivity index (χ3v) is 5.38. The van der Waals surface area contributed by atoms with Crippen LogP contribution in [0.25, 0.3) is 0 Å². The summed E-state index contributed by atoms with van der Waals surface area (Å²) in [7, 11) is -3.89. The molecule has 1 heterocycles. The first kappa shape index (κ1) is 19.3. The van der Waals surface area contributed by atoms with Gasteiger partial charge in [-0.25, -0.2) is 12.8 Å². The summed E-state index contributed by atoms with van der Waals surface area (Å²) in [6.45, 7) is 2.95.